The van der Waals surface area contributed by atoms with Crippen molar-refractivity contribution in [3.8, 4) is 0 Å². The fraction of sp³-hybridized carbons (Fsp3) is 0.417. The molecule has 0 bridgehead atoms. The average molecular weight is 308 g/mol. The molecule has 2 N–H and O–H groups in total. The number of rotatable bonds is 3. The maximum atomic E-state index is 13.3. The van der Waals surface area contributed by atoms with Gasteiger partial charge in [-0.25, -0.2) is 4.39 Å². The standard InChI is InChI=1S/C12H12Cl2FNO3/c13-8-4-9(14)10(15)3-7(8)11(17)16-5-12(18)1-2-19-6-12/h3-4,18H,1-2,5-6H2,(H,16,17). The van der Waals surface area contributed by atoms with Gasteiger partial charge in [-0.1, -0.05) is 23.2 Å². The summed E-state index contributed by atoms with van der Waals surface area (Å²) in [7, 11) is 0. The fourth-order valence-corrected chi connectivity index (χ4v) is 2.24. The maximum Gasteiger partial charge on any atom is 0.253 e. The van der Waals surface area contributed by atoms with Gasteiger partial charge in [0.05, 0.1) is 22.2 Å². The molecule has 19 heavy (non-hydrogen) atoms. The van der Waals surface area contributed by atoms with Crippen molar-refractivity contribution < 1.29 is 19.0 Å². The van der Waals surface area contributed by atoms with Gasteiger partial charge < -0.3 is 15.2 Å². The number of nitrogens with one attached hydrogen (secondary N) is 1. The molecule has 1 fully saturated rings. The molecule has 1 aliphatic rings. The Kier molecular flexibility index (Phi) is 4.30. The van der Waals surface area contributed by atoms with Crippen molar-refractivity contribution in [3.05, 3.63) is 33.6 Å². The van der Waals surface area contributed by atoms with Gasteiger partial charge in [0.25, 0.3) is 5.91 Å². The van der Waals surface area contributed by atoms with Crippen LogP contribution in [0.4, 0.5) is 4.39 Å². The molecule has 1 unspecified atom stereocenters. The van der Waals surface area contributed by atoms with Crippen molar-refractivity contribution in [2.45, 2.75) is 12.0 Å². The lowest BCUT2D eigenvalue weighted by atomic mass is 10.0. The lowest BCUT2D eigenvalue weighted by Gasteiger charge is -2.20. The fourth-order valence-electron chi connectivity index (χ4n) is 1.77. The minimum atomic E-state index is -1.08. The first-order valence-electron chi connectivity index (χ1n) is 5.64. The average Bonchev–Trinajstić information content (AvgIpc) is 2.78. The monoisotopic (exact) mass is 307 g/mol. The number of amides is 1. The van der Waals surface area contributed by atoms with Crippen LogP contribution in [-0.4, -0.2) is 36.4 Å². The van der Waals surface area contributed by atoms with Gasteiger partial charge in [-0.05, 0) is 12.1 Å². The Labute approximate surface area is 119 Å². The molecule has 1 saturated heterocycles. The molecule has 104 valence electrons. The predicted octanol–water partition coefficient (Wildman–Crippen LogP) is 2.01. The van der Waals surface area contributed by atoms with E-state index in [1.807, 2.05) is 0 Å². The quantitative estimate of drug-likeness (QED) is 0.840. The molecule has 1 aliphatic heterocycles. The highest BCUT2D eigenvalue weighted by molar-refractivity contribution is 6.36. The van der Waals surface area contributed by atoms with Crippen molar-refractivity contribution in [1.29, 1.82) is 0 Å². The molecular formula is C12H12Cl2FNO3. The molecule has 7 heteroatoms. The summed E-state index contributed by atoms with van der Waals surface area (Å²) in [5.74, 6) is -1.29. The first-order chi connectivity index (χ1) is 8.91. The normalized spacial score (nSPS) is 22.5. The molecule has 0 saturated carbocycles. The van der Waals surface area contributed by atoms with E-state index in [0.717, 1.165) is 6.07 Å². The Hall–Kier alpha value is -0.880. The number of hydrogen-bond acceptors (Lipinski definition) is 3. The van der Waals surface area contributed by atoms with Gasteiger partial charge in [0, 0.05) is 19.6 Å². The first kappa shape index (κ1) is 14.5. The third-order valence-electron chi connectivity index (χ3n) is 2.92. The summed E-state index contributed by atoms with van der Waals surface area (Å²) in [5, 5.41) is 12.4. The topological polar surface area (TPSA) is 58.6 Å². The van der Waals surface area contributed by atoms with Crippen LogP contribution in [0.2, 0.25) is 10.0 Å². The number of aliphatic hydroxyl groups is 1. The molecule has 4 nitrogen and oxygen atoms in total. The molecule has 1 heterocycles. The van der Waals surface area contributed by atoms with Gasteiger partial charge >= 0.3 is 0 Å². The molecule has 0 aliphatic carbocycles. The highest BCUT2D eigenvalue weighted by atomic mass is 35.5. The molecule has 0 aromatic heterocycles. The third kappa shape index (κ3) is 3.36. The number of benzene rings is 1. The Morgan fingerprint density at radius 2 is 2.21 bits per heavy atom. The number of carbonyl (C=O) groups is 1. The smallest absolute Gasteiger partial charge is 0.253 e. The van der Waals surface area contributed by atoms with E-state index in [4.69, 9.17) is 27.9 Å². The van der Waals surface area contributed by atoms with Crippen LogP contribution in [0.1, 0.15) is 16.8 Å². The van der Waals surface area contributed by atoms with Gasteiger partial charge in [-0.15, -0.1) is 0 Å². The molecule has 0 spiro atoms. The molecular weight excluding hydrogens is 296 g/mol. The summed E-state index contributed by atoms with van der Waals surface area (Å²) >= 11 is 11.4. The zero-order valence-electron chi connectivity index (χ0n) is 9.88. The second-order valence-corrected chi connectivity index (χ2v) is 5.27. The van der Waals surface area contributed by atoms with E-state index in [0.29, 0.717) is 13.0 Å². The van der Waals surface area contributed by atoms with Crippen LogP contribution < -0.4 is 5.32 Å². The number of halogens is 3. The van der Waals surface area contributed by atoms with Gasteiger partial charge in [0.1, 0.15) is 11.4 Å². The van der Waals surface area contributed by atoms with Crippen molar-refractivity contribution in [2.24, 2.45) is 0 Å². The first-order valence-corrected chi connectivity index (χ1v) is 6.40. The lowest BCUT2D eigenvalue weighted by molar-refractivity contribution is 0.0264. The summed E-state index contributed by atoms with van der Waals surface area (Å²) in [6.07, 6.45) is 0.440. The summed E-state index contributed by atoms with van der Waals surface area (Å²) < 4.78 is 18.3. The maximum absolute atomic E-state index is 13.3. The van der Waals surface area contributed by atoms with E-state index >= 15 is 0 Å². The highest BCUT2D eigenvalue weighted by Crippen LogP contribution is 2.24. The Balaban J connectivity index is 2.06. The second-order valence-electron chi connectivity index (χ2n) is 4.46. The van der Waals surface area contributed by atoms with Gasteiger partial charge in [0.2, 0.25) is 0 Å². The summed E-state index contributed by atoms with van der Waals surface area (Å²) in [5.41, 5.74) is -1.10. The van der Waals surface area contributed by atoms with E-state index in [-0.39, 0.29) is 28.8 Å². The lowest BCUT2D eigenvalue weighted by Crippen LogP contribution is -2.43. The number of hydrogen-bond donors (Lipinski definition) is 2. The second kappa shape index (κ2) is 5.63. The van der Waals surface area contributed by atoms with Crippen molar-refractivity contribution in [3.63, 3.8) is 0 Å². The zero-order chi connectivity index (χ0) is 14.0. The van der Waals surface area contributed by atoms with E-state index in [9.17, 15) is 14.3 Å². The van der Waals surface area contributed by atoms with Gasteiger partial charge in [0.15, 0.2) is 0 Å². The van der Waals surface area contributed by atoms with Gasteiger partial charge in [-0.2, -0.15) is 0 Å². The van der Waals surface area contributed by atoms with Crippen LogP contribution in [0.3, 0.4) is 0 Å². The van der Waals surface area contributed by atoms with E-state index < -0.39 is 17.3 Å². The Bertz CT molecular complexity index is 504. The highest BCUT2D eigenvalue weighted by Gasteiger charge is 2.32. The molecule has 2 rings (SSSR count). The van der Waals surface area contributed by atoms with Crippen molar-refractivity contribution >= 4 is 29.1 Å². The van der Waals surface area contributed by atoms with Crippen LogP contribution in [0.15, 0.2) is 12.1 Å². The Morgan fingerprint density at radius 3 is 2.84 bits per heavy atom. The van der Waals surface area contributed by atoms with E-state index in [1.54, 1.807) is 0 Å². The summed E-state index contributed by atoms with van der Waals surface area (Å²) in [6, 6.07) is 2.13. The molecule has 1 atom stereocenters. The summed E-state index contributed by atoms with van der Waals surface area (Å²) in [4.78, 5) is 11.9. The van der Waals surface area contributed by atoms with Crippen molar-refractivity contribution in [1.82, 2.24) is 5.32 Å². The van der Waals surface area contributed by atoms with E-state index in [1.165, 1.54) is 6.07 Å². The largest absolute Gasteiger partial charge is 0.386 e. The molecule has 1 aromatic rings. The Morgan fingerprint density at radius 1 is 1.47 bits per heavy atom. The van der Waals surface area contributed by atoms with Crippen LogP contribution in [0.25, 0.3) is 0 Å². The molecule has 1 aromatic carbocycles. The van der Waals surface area contributed by atoms with Crippen LogP contribution >= 0.6 is 23.2 Å². The van der Waals surface area contributed by atoms with Crippen LogP contribution in [0, 0.1) is 5.82 Å². The van der Waals surface area contributed by atoms with Crippen molar-refractivity contribution in [2.75, 3.05) is 19.8 Å². The predicted molar refractivity (Wildman–Crippen MR) is 69.1 cm³/mol. The van der Waals surface area contributed by atoms with E-state index in [2.05, 4.69) is 5.32 Å². The minimum absolute atomic E-state index is 0.0202. The van der Waals surface area contributed by atoms with Crippen LogP contribution in [-0.2, 0) is 4.74 Å². The summed E-state index contributed by atoms with van der Waals surface area (Å²) in [6.45, 7) is 0.630. The third-order valence-corrected chi connectivity index (χ3v) is 3.52. The minimum Gasteiger partial charge on any atom is -0.386 e. The van der Waals surface area contributed by atoms with Gasteiger partial charge in [-0.3, -0.25) is 4.79 Å². The number of carbonyl (C=O) groups excluding carboxylic acids is 1. The van der Waals surface area contributed by atoms with Crippen LogP contribution in [0.5, 0.6) is 0 Å². The zero-order valence-corrected chi connectivity index (χ0v) is 11.4. The molecule has 0 radical (unpaired) electrons. The number of ether oxygens (including phenoxy) is 1. The SMILES string of the molecule is O=C(NCC1(O)CCOC1)c1cc(F)c(Cl)cc1Cl. The molecule has 1 amide bonds.